The molecule has 0 saturated heterocycles. The van der Waals surface area contributed by atoms with E-state index in [0.717, 1.165) is 18.2 Å². The van der Waals surface area contributed by atoms with Gasteiger partial charge in [-0.05, 0) is 57.2 Å². The van der Waals surface area contributed by atoms with Crippen LogP contribution in [0.4, 0.5) is 28.9 Å². The predicted molar refractivity (Wildman–Crippen MR) is 111 cm³/mol. The zero-order valence-corrected chi connectivity index (χ0v) is 17.8. The van der Waals surface area contributed by atoms with Crippen LogP contribution in [0, 0.1) is 22.6 Å². The zero-order valence-electron chi connectivity index (χ0n) is 17.8. The lowest BCUT2D eigenvalue weighted by molar-refractivity contribution is -0.140. The van der Waals surface area contributed by atoms with E-state index < -0.39 is 28.5 Å². The van der Waals surface area contributed by atoms with Gasteiger partial charge >= 0.3 is 6.18 Å². The number of nitrogens with one attached hydrogen (secondary N) is 1. The van der Waals surface area contributed by atoms with Crippen LogP contribution < -0.4 is 11.1 Å². The van der Waals surface area contributed by atoms with Crippen LogP contribution in [0.25, 0.3) is 0 Å². The average Bonchev–Trinajstić information content (AvgIpc) is 2.72. The van der Waals surface area contributed by atoms with Gasteiger partial charge in [0.2, 0.25) is 5.91 Å². The number of carbonyl (C=O) groups is 1. The van der Waals surface area contributed by atoms with Crippen LogP contribution in [0.5, 0.6) is 0 Å². The quantitative estimate of drug-likeness (QED) is 0.678. The highest BCUT2D eigenvalue weighted by Crippen LogP contribution is 2.48. The minimum Gasteiger partial charge on any atom is -0.369 e. The second kappa shape index (κ2) is 7.51. The number of alkyl halides is 3. The monoisotopic (exact) mass is 447 g/mol. The number of hydrogen-bond donors (Lipinski definition) is 2. The molecule has 32 heavy (non-hydrogen) atoms. The Hall–Kier alpha value is -3.61. The van der Waals surface area contributed by atoms with Gasteiger partial charge in [0.05, 0.1) is 28.3 Å². The molecule has 1 heterocycles. The molecule has 0 aliphatic carbocycles. The zero-order chi connectivity index (χ0) is 24.1. The van der Waals surface area contributed by atoms with E-state index in [1.165, 1.54) is 30.1 Å². The number of halogens is 4. The topological polar surface area (TPSA) is 94.5 Å². The van der Waals surface area contributed by atoms with Gasteiger partial charge in [-0.2, -0.15) is 18.4 Å². The van der Waals surface area contributed by atoms with Crippen molar-refractivity contribution in [2.75, 3.05) is 12.4 Å². The van der Waals surface area contributed by atoms with Crippen LogP contribution in [0.3, 0.4) is 0 Å². The Morgan fingerprint density at radius 2 is 1.81 bits per heavy atom. The molecule has 10 heteroatoms. The Morgan fingerprint density at radius 3 is 2.41 bits per heavy atom. The standard InChI is InChI=1S/C22H21F4N5O/c1-20(2)18(32)31(4)19(28)30-21(20,3)14-10-13(6-7-16(14)23)29-17-8-5-12(11-27)9-15(17)22(24,25)26/h5-10,29H,1-4H3,(H2,28,30)/t21-/m1/s1. The van der Waals surface area contributed by atoms with Crippen molar-refractivity contribution in [3.8, 4) is 6.07 Å². The van der Waals surface area contributed by atoms with Crippen LogP contribution in [-0.4, -0.2) is 23.8 Å². The van der Waals surface area contributed by atoms with Crippen molar-refractivity contribution in [2.24, 2.45) is 16.1 Å². The molecule has 1 amide bonds. The van der Waals surface area contributed by atoms with Gasteiger partial charge in [-0.25, -0.2) is 9.38 Å². The maximum absolute atomic E-state index is 14.9. The summed E-state index contributed by atoms with van der Waals surface area (Å²) in [5, 5.41) is 11.6. The molecule has 3 N–H and O–H groups in total. The van der Waals surface area contributed by atoms with E-state index in [9.17, 15) is 22.4 Å². The lowest BCUT2D eigenvalue weighted by atomic mass is 9.67. The van der Waals surface area contributed by atoms with Crippen molar-refractivity contribution in [1.29, 1.82) is 5.26 Å². The highest BCUT2D eigenvalue weighted by Gasteiger charge is 2.53. The summed E-state index contributed by atoms with van der Waals surface area (Å²) < 4.78 is 55.4. The third-order valence-corrected chi connectivity index (χ3v) is 5.96. The summed E-state index contributed by atoms with van der Waals surface area (Å²) in [6.45, 7) is 4.75. The highest BCUT2D eigenvalue weighted by molar-refractivity contribution is 6.01. The predicted octanol–water partition coefficient (Wildman–Crippen LogP) is 4.49. The number of nitrogens with two attached hydrogens (primary N) is 1. The van der Waals surface area contributed by atoms with Gasteiger partial charge in [0.25, 0.3) is 0 Å². The molecule has 2 aromatic carbocycles. The number of rotatable bonds is 3. The number of benzene rings is 2. The summed E-state index contributed by atoms with van der Waals surface area (Å²) >= 11 is 0. The van der Waals surface area contributed by atoms with Gasteiger partial charge in [0.15, 0.2) is 5.96 Å². The van der Waals surface area contributed by atoms with Gasteiger partial charge in [-0.3, -0.25) is 9.69 Å². The summed E-state index contributed by atoms with van der Waals surface area (Å²) in [5.74, 6) is -1.16. The van der Waals surface area contributed by atoms with Crippen molar-refractivity contribution in [1.82, 2.24) is 4.90 Å². The van der Waals surface area contributed by atoms with Crippen LogP contribution in [0.2, 0.25) is 0 Å². The van der Waals surface area contributed by atoms with E-state index in [1.54, 1.807) is 26.8 Å². The Kier molecular flexibility index (Phi) is 5.41. The van der Waals surface area contributed by atoms with Crippen LogP contribution >= 0.6 is 0 Å². The fourth-order valence-corrected chi connectivity index (χ4v) is 3.66. The largest absolute Gasteiger partial charge is 0.418 e. The van der Waals surface area contributed by atoms with Crippen molar-refractivity contribution in [3.63, 3.8) is 0 Å². The Morgan fingerprint density at radius 1 is 1.16 bits per heavy atom. The maximum atomic E-state index is 14.9. The lowest BCUT2D eigenvalue weighted by Gasteiger charge is -2.46. The first-order chi connectivity index (χ1) is 14.7. The molecule has 1 aliphatic rings. The summed E-state index contributed by atoms with van der Waals surface area (Å²) in [6.07, 6.45) is -4.72. The molecule has 1 atom stereocenters. The number of amides is 1. The van der Waals surface area contributed by atoms with Gasteiger partial charge in [0.1, 0.15) is 11.4 Å². The molecule has 0 aromatic heterocycles. The number of aliphatic imine (C=N–C) groups is 1. The third kappa shape index (κ3) is 3.64. The molecule has 0 spiro atoms. The number of anilines is 2. The number of nitriles is 1. The van der Waals surface area contributed by atoms with Crippen LogP contribution in [0.15, 0.2) is 41.4 Å². The second-order valence-corrected chi connectivity index (χ2v) is 8.22. The molecule has 0 unspecified atom stereocenters. The van der Waals surface area contributed by atoms with Crippen LogP contribution in [-0.2, 0) is 16.5 Å². The number of guanidine groups is 1. The molecule has 2 aromatic rings. The first-order valence-corrected chi connectivity index (χ1v) is 9.54. The SMILES string of the molecule is CN1C(=O)C(C)(C)[C@@](C)(c2cc(Nc3ccc(C#N)cc3C(F)(F)F)ccc2F)N=C1N. The molecule has 1 aliphatic heterocycles. The molecular formula is C22H21F4N5O. The van der Waals surface area contributed by atoms with E-state index in [0.29, 0.717) is 0 Å². The van der Waals surface area contributed by atoms with Crippen molar-refractivity contribution >= 4 is 23.2 Å². The van der Waals surface area contributed by atoms with E-state index in [2.05, 4.69) is 10.3 Å². The molecule has 0 bridgehead atoms. The van der Waals surface area contributed by atoms with Crippen molar-refractivity contribution < 1.29 is 22.4 Å². The van der Waals surface area contributed by atoms with Gasteiger partial charge in [-0.15, -0.1) is 0 Å². The second-order valence-electron chi connectivity index (χ2n) is 8.22. The number of carbonyl (C=O) groups excluding carboxylic acids is 1. The van der Waals surface area contributed by atoms with E-state index in [4.69, 9.17) is 11.0 Å². The smallest absolute Gasteiger partial charge is 0.369 e. The highest BCUT2D eigenvalue weighted by atomic mass is 19.4. The van der Waals surface area contributed by atoms with Gasteiger partial charge < -0.3 is 11.1 Å². The summed E-state index contributed by atoms with van der Waals surface area (Å²) in [5.41, 5.74) is 1.92. The van der Waals surface area contributed by atoms with Gasteiger partial charge in [-0.1, -0.05) is 0 Å². The summed E-state index contributed by atoms with van der Waals surface area (Å²) in [6, 6.07) is 8.46. The van der Waals surface area contributed by atoms with E-state index in [-0.39, 0.29) is 34.4 Å². The fraction of sp³-hybridized carbons (Fsp3) is 0.318. The van der Waals surface area contributed by atoms with E-state index >= 15 is 0 Å². The van der Waals surface area contributed by atoms with Gasteiger partial charge in [0, 0.05) is 18.3 Å². The van der Waals surface area contributed by atoms with E-state index in [1.807, 2.05) is 0 Å². The number of nitrogens with zero attached hydrogens (tertiary/aromatic N) is 3. The first kappa shape index (κ1) is 23.1. The summed E-state index contributed by atoms with van der Waals surface area (Å²) in [4.78, 5) is 18.4. The molecular weight excluding hydrogens is 426 g/mol. The minimum absolute atomic E-state index is 0.000830. The molecule has 0 saturated carbocycles. The maximum Gasteiger partial charge on any atom is 0.418 e. The Labute approximate surface area is 182 Å². The first-order valence-electron chi connectivity index (χ1n) is 9.54. The fourth-order valence-electron chi connectivity index (χ4n) is 3.66. The normalized spacial score (nSPS) is 20.5. The Bertz CT molecular complexity index is 1170. The molecule has 3 rings (SSSR count). The molecule has 0 fully saturated rings. The number of hydrogen-bond acceptors (Lipinski definition) is 5. The van der Waals surface area contributed by atoms with Crippen molar-refractivity contribution in [3.05, 3.63) is 58.9 Å². The van der Waals surface area contributed by atoms with Crippen LogP contribution in [0.1, 0.15) is 37.5 Å². The summed E-state index contributed by atoms with van der Waals surface area (Å²) in [7, 11) is 1.46. The third-order valence-electron chi connectivity index (χ3n) is 5.96. The molecule has 6 nitrogen and oxygen atoms in total. The molecule has 168 valence electrons. The minimum atomic E-state index is -4.72. The Balaban J connectivity index is 2.13. The van der Waals surface area contributed by atoms with Crippen molar-refractivity contribution in [2.45, 2.75) is 32.5 Å². The molecule has 0 radical (unpaired) electrons. The average molecular weight is 447 g/mol. The lowest BCUT2D eigenvalue weighted by Crippen LogP contribution is -2.58.